The molecule has 126 valence electrons. The van der Waals surface area contributed by atoms with Gasteiger partial charge in [0, 0.05) is 40.2 Å². The van der Waals surface area contributed by atoms with Gasteiger partial charge in [-0.05, 0) is 0 Å². The van der Waals surface area contributed by atoms with Crippen LogP contribution < -0.4 is 10.2 Å². The van der Waals surface area contributed by atoms with Crippen molar-refractivity contribution in [3.63, 3.8) is 0 Å². The van der Waals surface area contributed by atoms with Gasteiger partial charge in [-0.25, -0.2) is 15.0 Å². The number of rotatable bonds is 3. The van der Waals surface area contributed by atoms with Crippen LogP contribution in [0.5, 0.6) is 0 Å². The molecule has 4 heterocycles. The number of nitrogens with one attached hydrogen (secondary N) is 1. The first-order chi connectivity index (χ1) is 11.6. The van der Waals surface area contributed by atoms with E-state index >= 15 is 0 Å². The fourth-order valence-electron chi connectivity index (χ4n) is 3.45. The minimum Gasteiger partial charge on any atom is -0.359 e. The van der Waals surface area contributed by atoms with E-state index in [1.807, 2.05) is 16.5 Å². The molecular weight excluding hydrogens is 310 g/mol. The van der Waals surface area contributed by atoms with Crippen molar-refractivity contribution >= 4 is 28.8 Å². The average molecular weight is 329 g/mol. The lowest BCUT2D eigenvalue weighted by Gasteiger charge is -2.44. The van der Waals surface area contributed by atoms with Crippen LogP contribution >= 0.6 is 0 Å². The SMILES string of the molecule is CNC(=O)C1CC(=O)N(C2CN(c3ncnc4c3ncn4C)C2)C1. The number of aryl methyl sites for hydroxylation is 1. The Hall–Kier alpha value is -2.71. The molecule has 2 saturated heterocycles. The number of amides is 2. The van der Waals surface area contributed by atoms with Gasteiger partial charge in [-0.15, -0.1) is 0 Å². The molecule has 0 saturated carbocycles. The number of anilines is 1. The molecule has 1 N–H and O–H groups in total. The normalized spacial score (nSPS) is 21.4. The van der Waals surface area contributed by atoms with Gasteiger partial charge in [-0.1, -0.05) is 0 Å². The Labute approximate surface area is 138 Å². The van der Waals surface area contributed by atoms with Gasteiger partial charge in [0.2, 0.25) is 11.8 Å². The summed E-state index contributed by atoms with van der Waals surface area (Å²) in [6.45, 7) is 1.91. The van der Waals surface area contributed by atoms with Crippen LogP contribution in [0.4, 0.5) is 5.82 Å². The van der Waals surface area contributed by atoms with Crippen LogP contribution in [0, 0.1) is 5.92 Å². The Balaban J connectivity index is 1.46. The fourth-order valence-corrected chi connectivity index (χ4v) is 3.45. The Bertz CT molecular complexity index is 811. The second-order valence-corrected chi connectivity index (χ2v) is 6.35. The molecule has 2 aliphatic heterocycles. The highest BCUT2D eigenvalue weighted by Crippen LogP contribution is 2.30. The summed E-state index contributed by atoms with van der Waals surface area (Å²) >= 11 is 0. The Kier molecular flexibility index (Phi) is 3.36. The van der Waals surface area contributed by atoms with Crippen LogP contribution in [0.2, 0.25) is 0 Å². The number of likely N-dealkylation sites (tertiary alicyclic amines) is 1. The van der Waals surface area contributed by atoms with Crippen molar-refractivity contribution < 1.29 is 9.59 Å². The molecule has 0 spiro atoms. The van der Waals surface area contributed by atoms with Gasteiger partial charge in [0.15, 0.2) is 17.0 Å². The van der Waals surface area contributed by atoms with E-state index in [-0.39, 0.29) is 23.8 Å². The molecule has 9 nitrogen and oxygen atoms in total. The van der Waals surface area contributed by atoms with Gasteiger partial charge >= 0.3 is 0 Å². The molecular formula is C15H19N7O2. The minimum atomic E-state index is -0.238. The fraction of sp³-hybridized carbons (Fsp3) is 0.533. The van der Waals surface area contributed by atoms with E-state index in [9.17, 15) is 9.59 Å². The van der Waals surface area contributed by atoms with Crippen molar-refractivity contribution in [1.29, 1.82) is 0 Å². The highest BCUT2D eigenvalue weighted by atomic mass is 16.2. The molecule has 2 aromatic rings. The first-order valence-electron chi connectivity index (χ1n) is 7.96. The zero-order valence-electron chi connectivity index (χ0n) is 13.6. The Morgan fingerprint density at radius 2 is 2.04 bits per heavy atom. The van der Waals surface area contributed by atoms with E-state index in [0.29, 0.717) is 26.1 Å². The Morgan fingerprint density at radius 3 is 2.79 bits per heavy atom. The number of fused-ring (bicyclic) bond motifs is 1. The van der Waals surface area contributed by atoms with Crippen LogP contribution in [0.25, 0.3) is 11.2 Å². The van der Waals surface area contributed by atoms with Crippen molar-refractivity contribution in [1.82, 2.24) is 29.7 Å². The van der Waals surface area contributed by atoms with Gasteiger partial charge < -0.3 is 19.7 Å². The number of hydrogen-bond acceptors (Lipinski definition) is 6. The lowest BCUT2D eigenvalue weighted by molar-refractivity contribution is -0.130. The van der Waals surface area contributed by atoms with E-state index in [0.717, 1.165) is 17.0 Å². The quantitative estimate of drug-likeness (QED) is 0.788. The second kappa shape index (κ2) is 5.43. The molecule has 2 amide bonds. The zero-order chi connectivity index (χ0) is 16.8. The van der Waals surface area contributed by atoms with Crippen molar-refractivity contribution in [2.24, 2.45) is 13.0 Å². The maximum absolute atomic E-state index is 12.2. The van der Waals surface area contributed by atoms with E-state index in [4.69, 9.17) is 0 Å². The number of nitrogens with zero attached hydrogens (tertiary/aromatic N) is 6. The molecule has 1 atom stereocenters. The number of hydrogen-bond donors (Lipinski definition) is 1. The molecule has 0 aromatic carbocycles. The maximum Gasteiger partial charge on any atom is 0.225 e. The summed E-state index contributed by atoms with van der Waals surface area (Å²) in [4.78, 5) is 40.8. The van der Waals surface area contributed by atoms with Crippen LogP contribution in [-0.4, -0.2) is 69.0 Å². The van der Waals surface area contributed by atoms with Gasteiger partial charge in [-0.2, -0.15) is 0 Å². The van der Waals surface area contributed by atoms with Crippen LogP contribution in [0.15, 0.2) is 12.7 Å². The lowest BCUT2D eigenvalue weighted by atomic mass is 10.1. The number of carbonyl (C=O) groups excluding carboxylic acids is 2. The third-order valence-electron chi connectivity index (χ3n) is 4.86. The van der Waals surface area contributed by atoms with E-state index in [2.05, 4.69) is 25.2 Å². The topological polar surface area (TPSA) is 96.2 Å². The van der Waals surface area contributed by atoms with Gasteiger partial charge in [0.1, 0.15) is 6.33 Å². The average Bonchev–Trinajstić information content (AvgIpc) is 3.10. The van der Waals surface area contributed by atoms with E-state index < -0.39 is 0 Å². The highest BCUT2D eigenvalue weighted by molar-refractivity contribution is 5.89. The smallest absolute Gasteiger partial charge is 0.225 e. The molecule has 4 rings (SSSR count). The standard InChI is InChI=1S/C15H19N7O2/c1-16-15(24)9-3-11(23)22(4-9)10-5-21(6-10)14-12-13(17-7-18-14)20(2)8-19-12/h7-10H,3-6H2,1-2H3,(H,16,24). The van der Waals surface area contributed by atoms with Crippen molar-refractivity contribution in [3.8, 4) is 0 Å². The summed E-state index contributed by atoms with van der Waals surface area (Å²) in [6, 6.07) is 0.126. The van der Waals surface area contributed by atoms with Crippen molar-refractivity contribution in [3.05, 3.63) is 12.7 Å². The third kappa shape index (κ3) is 2.19. The third-order valence-corrected chi connectivity index (χ3v) is 4.86. The number of aromatic nitrogens is 4. The zero-order valence-corrected chi connectivity index (χ0v) is 13.6. The minimum absolute atomic E-state index is 0.0546. The van der Waals surface area contributed by atoms with E-state index in [1.54, 1.807) is 13.4 Å². The lowest BCUT2D eigenvalue weighted by Crippen LogP contribution is -2.60. The van der Waals surface area contributed by atoms with Gasteiger partial charge in [0.25, 0.3) is 0 Å². The van der Waals surface area contributed by atoms with Crippen LogP contribution in [0.3, 0.4) is 0 Å². The van der Waals surface area contributed by atoms with Gasteiger partial charge in [-0.3, -0.25) is 9.59 Å². The predicted molar refractivity (Wildman–Crippen MR) is 86.2 cm³/mol. The highest BCUT2D eigenvalue weighted by Gasteiger charge is 2.42. The molecule has 2 aromatic heterocycles. The maximum atomic E-state index is 12.2. The molecule has 2 aliphatic rings. The van der Waals surface area contributed by atoms with Gasteiger partial charge in [0.05, 0.1) is 18.3 Å². The summed E-state index contributed by atoms with van der Waals surface area (Å²) in [5.74, 6) is 0.552. The Morgan fingerprint density at radius 1 is 1.25 bits per heavy atom. The van der Waals surface area contributed by atoms with E-state index in [1.165, 1.54) is 6.33 Å². The molecule has 2 fully saturated rings. The molecule has 0 aliphatic carbocycles. The predicted octanol–water partition coefficient (Wildman–Crippen LogP) is -0.854. The molecule has 24 heavy (non-hydrogen) atoms. The van der Waals surface area contributed by atoms with Crippen LogP contribution in [-0.2, 0) is 16.6 Å². The number of imidazole rings is 1. The largest absolute Gasteiger partial charge is 0.359 e. The summed E-state index contributed by atoms with van der Waals surface area (Å²) < 4.78 is 1.86. The molecule has 9 heteroatoms. The summed E-state index contributed by atoms with van der Waals surface area (Å²) in [6.07, 6.45) is 3.56. The molecule has 0 bridgehead atoms. The van der Waals surface area contributed by atoms with Crippen molar-refractivity contribution in [2.45, 2.75) is 12.5 Å². The molecule has 0 radical (unpaired) electrons. The number of carbonyl (C=O) groups is 2. The first kappa shape index (κ1) is 14.9. The second-order valence-electron chi connectivity index (χ2n) is 6.35. The molecule has 1 unspecified atom stereocenters. The monoisotopic (exact) mass is 329 g/mol. The summed E-state index contributed by atoms with van der Waals surface area (Å²) in [7, 11) is 3.50. The first-order valence-corrected chi connectivity index (χ1v) is 7.96. The summed E-state index contributed by atoms with van der Waals surface area (Å²) in [5, 5.41) is 2.62. The van der Waals surface area contributed by atoms with Crippen LogP contribution in [0.1, 0.15) is 6.42 Å². The summed E-state index contributed by atoms with van der Waals surface area (Å²) in [5.41, 5.74) is 1.56. The van der Waals surface area contributed by atoms with Crippen molar-refractivity contribution in [2.75, 3.05) is 31.6 Å².